The molecule has 13 heavy (non-hydrogen) atoms. The van der Waals surface area contributed by atoms with E-state index in [0.717, 1.165) is 19.4 Å². The van der Waals surface area contributed by atoms with Gasteiger partial charge in [0, 0.05) is 25.2 Å². The monoisotopic (exact) mass is 190 g/mol. The SMILES string of the molecule is CC1CCC(N)CN1CC(O)CF. The zero-order valence-corrected chi connectivity index (χ0v) is 8.12. The first kappa shape index (κ1) is 10.9. The van der Waals surface area contributed by atoms with Crippen LogP contribution in [0, 0.1) is 0 Å². The van der Waals surface area contributed by atoms with Crippen LogP contribution in [0.2, 0.25) is 0 Å². The molecule has 3 nitrogen and oxygen atoms in total. The van der Waals surface area contributed by atoms with E-state index in [-0.39, 0.29) is 6.04 Å². The van der Waals surface area contributed by atoms with E-state index in [1.165, 1.54) is 0 Å². The number of aliphatic hydroxyl groups excluding tert-OH is 1. The summed E-state index contributed by atoms with van der Waals surface area (Å²) in [5.41, 5.74) is 5.79. The Morgan fingerprint density at radius 1 is 1.62 bits per heavy atom. The standard InChI is InChI=1S/C9H19FN2O/c1-7-2-3-8(11)5-12(7)6-9(13)4-10/h7-9,13H,2-6,11H2,1H3. The maximum atomic E-state index is 12.1. The second-order valence-corrected chi connectivity index (χ2v) is 3.95. The molecule has 0 aromatic carbocycles. The maximum absolute atomic E-state index is 12.1. The minimum Gasteiger partial charge on any atom is -0.389 e. The van der Waals surface area contributed by atoms with E-state index in [0.29, 0.717) is 12.6 Å². The third kappa shape index (κ3) is 3.21. The fraction of sp³-hybridized carbons (Fsp3) is 1.00. The maximum Gasteiger partial charge on any atom is 0.117 e. The van der Waals surface area contributed by atoms with Crippen LogP contribution in [0.4, 0.5) is 4.39 Å². The highest BCUT2D eigenvalue weighted by Crippen LogP contribution is 2.15. The molecule has 0 saturated carbocycles. The first-order valence-electron chi connectivity index (χ1n) is 4.87. The smallest absolute Gasteiger partial charge is 0.117 e. The van der Waals surface area contributed by atoms with E-state index in [9.17, 15) is 4.39 Å². The van der Waals surface area contributed by atoms with Crippen molar-refractivity contribution >= 4 is 0 Å². The van der Waals surface area contributed by atoms with Crippen LogP contribution in [0.15, 0.2) is 0 Å². The molecule has 0 radical (unpaired) electrons. The number of β-amino-alcohol motifs (C(OH)–C–C–N with tert-alkyl or cyclic N) is 1. The van der Waals surface area contributed by atoms with Crippen molar-refractivity contribution in [3.63, 3.8) is 0 Å². The quantitative estimate of drug-likeness (QED) is 0.665. The van der Waals surface area contributed by atoms with Crippen LogP contribution in [0.25, 0.3) is 0 Å². The molecule has 0 aromatic heterocycles. The number of aliphatic hydroxyl groups is 1. The van der Waals surface area contributed by atoms with Crippen molar-refractivity contribution < 1.29 is 9.50 Å². The van der Waals surface area contributed by atoms with Crippen LogP contribution in [0.1, 0.15) is 19.8 Å². The summed E-state index contributed by atoms with van der Waals surface area (Å²) in [5, 5.41) is 9.16. The van der Waals surface area contributed by atoms with E-state index >= 15 is 0 Å². The molecule has 78 valence electrons. The lowest BCUT2D eigenvalue weighted by Crippen LogP contribution is -2.50. The Morgan fingerprint density at radius 2 is 2.31 bits per heavy atom. The number of alkyl halides is 1. The minimum atomic E-state index is -0.854. The number of nitrogens with two attached hydrogens (primary N) is 1. The Hall–Kier alpha value is -0.190. The first-order valence-corrected chi connectivity index (χ1v) is 4.87. The highest BCUT2D eigenvalue weighted by Gasteiger charge is 2.24. The molecule has 3 N–H and O–H groups in total. The molecule has 1 rings (SSSR count). The highest BCUT2D eigenvalue weighted by molar-refractivity contribution is 4.81. The van der Waals surface area contributed by atoms with Gasteiger partial charge in [-0.25, -0.2) is 4.39 Å². The van der Waals surface area contributed by atoms with Gasteiger partial charge in [0.25, 0.3) is 0 Å². The third-order valence-electron chi connectivity index (χ3n) is 2.67. The van der Waals surface area contributed by atoms with Crippen molar-refractivity contribution in [3.05, 3.63) is 0 Å². The number of piperidine rings is 1. The molecular weight excluding hydrogens is 171 g/mol. The molecule has 1 heterocycles. The predicted molar refractivity (Wildman–Crippen MR) is 50.2 cm³/mol. The van der Waals surface area contributed by atoms with Gasteiger partial charge in [0.2, 0.25) is 0 Å². The summed E-state index contributed by atoms with van der Waals surface area (Å²) in [4.78, 5) is 2.07. The van der Waals surface area contributed by atoms with Gasteiger partial charge in [0.05, 0.1) is 6.10 Å². The molecule has 1 fully saturated rings. The van der Waals surface area contributed by atoms with E-state index in [4.69, 9.17) is 10.8 Å². The molecule has 0 aliphatic carbocycles. The molecular formula is C9H19FN2O. The Kier molecular flexibility index (Phi) is 4.09. The predicted octanol–water partition coefficient (Wildman–Crippen LogP) is 0.128. The van der Waals surface area contributed by atoms with Crippen molar-refractivity contribution in [1.29, 1.82) is 0 Å². The molecule has 1 aliphatic heterocycles. The molecule has 0 aromatic rings. The van der Waals surface area contributed by atoms with Crippen LogP contribution in [-0.4, -0.2) is 48.0 Å². The average molecular weight is 190 g/mol. The van der Waals surface area contributed by atoms with Crippen LogP contribution in [0.5, 0.6) is 0 Å². The van der Waals surface area contributed by atoms with Crippen LogP contribution >= 0.6 is 0 Å². The third-order valence-corrected chi connectivity index (χ3v) is 2.67. The van der Waals surface area contributed by atoms with Crippen LogP contribution in [0.3, 0.4) is 0 Å². The van der Waals surface area contributed by atoms with Gasteiger partial charge in [0.1, 0.15) is 6.67 Å². The van der Waals surface area contributed by atoms with E-state index in [2.05, 4.69) is 11.8 Å². The van der Waals surface area contributed by atoms with Crippen molar-refractivity contribution in [1.82, 2.24) is 4.90 Å². The number of halogens is 1. The van der Waals surface area contributed by atoms with Crippen molar-refractivity contribution in [2.24, 2.45) is 5.73 Å². The van der Waals surface area contributed by atoms with Gasteiger partial charge in [0.15, 0.2) is 0 Å². The van der Waals surface area contributed by atoms with Gasteiger partial charge in [-0.05, 0) is 19.8 Å². The van der Waals surface area contributed by atoms with Crippen molar-refractivity contribution in [2.75, 3.05) is 19.8 Å². The van der Waals surface area contributed by atoms with E-state index in [1.54, 1.807) is 0 Å². The van der Waals surface area contributed by atoms with Crippen molar-refractivity contribution in [3.8, 4) is 0 Å². The Balaban J connectivity index is 2.37. The normalized spacial score (nSPS) is 33.2. The molecule has 0 bridgehead atoms. The molecule has 3 atom stereocenters. The lowest BCUT2D eigenvalue weighted by molar-refractivity contribution is 0.0536. The highest BCUT2D eigenvalue weighted by atomic mass is 19.1. The second kappa shape index (κ2) is 4.88. The van der Waals surface area contributed by atoms with Crippen LogP contribution in [-0.2, 0) is 0 Å². The van der Waals surface area contributed by atoms with Gasteiger partial charge < -0.3 is 10.8 Å². The lowest BCUT2D eigenvalue weighted by Gasteiger charge is -2.37. The Bertz CT molecular complexity index is 157. The average Bonchev–Trinajstić information content (AvgIpc) is 2.11. The molecule has 3 unspecified atom stereocenters. The second-order valence-electron chi connectivity index (χ2n) is 3.95. The molecule has 4 heteroatoms. The minimum absolute atomic E-state index is 0.183. The largest absolute Gasteiger partial charge is 0.389 e. The molecule has 1 saturated heterocycles. The zero-order chi connectivity index (χ0) is 9.84. The Morgan fingerprint density at radius 3 is 2.92 bits per heavy atom. The fourth-order valence-electron chi connectivity index (χ4n) is 1.78. The number of rotatable bonds is 3. The number of nitrogens with zero attached hydrogens (tertiary/aromatic N) is 1. The zero-order valence-electron chi connectivity index (χ0n) is 8.12. The number of hydrogen-bond donors (Lipinski definition) is 2. The molecule has 0 spiro atoms. The summed E-state index contributed by atoms with van der Waals surface area (Å²) in [7, 11) is 0. The summed E-state index contributed by atoms with van der Waals surface area (Å²) in [6, 6.07) is 0.601. The topological polar surface area (TPSA) is 49.5 Å². The van der Waals surface area contributed by atoms with E-state index < -0.39 is 12.8 Å². The number of likely N-dealkylation sites (tertiary alicyclic amines) is 1. The van der Waals surface area contributed by atoms with Crippen molar-refractivity contribution in [2.45, 2.75) is 38.0 Å². The molecule has 0 amide bonds. The molecule has 1 aliphatic rings. The summed E-state index contributed by atoms with van der Waals surface area (Å²) in [6.07, 6.45) is 1.22. The van der Waals surface area contributed by atoms with Gasteiger partial charge in [-0.3, -0.25) is 4.90 Å². The van der Waals surface area contributed by atoms with Gasteiger partial charge >= 0.3 is 0 Å². The summed E-state index contributed by atoms with van der Waals surface area (Å²) >= 11 is 0. The summed E-state index contributed by atoms with van der Waals surface area (Å²) < 4.78 is 12.1. The van der Waals surface area contributed by atoms with Gasteiger partial charge in [-0.15, -0.1) is 0 Å². The van der Waals surface area contributed by atoms with E-state index in [1.807, 2.05) is 0 Å². The number of hydrogen-bond acceptors (Lipinski definition) is 3. The van der Waals surface area contributed by atoms with Gasteiger partial charge in [-0.2, -0.15) is 0 Å². The van der Waals surface area contributed by atoms with Gasteiger partial charge in [-0.1, -0.05) is 0 Å². The fourth-order valence-corrected chi connectivity index (χ4v) is 1.78. The summed E-state index contributed by atoms with van der Waals surface area (Å²) in [6.45, 7) is 2.61. The first-order chi connectivity index (χ1) is 6.13. The Labute approximate surface area is 78.7 Å². The summed E-state index contributed by atoms with van der Waals surface area (Å²) in [5.74, 6) is 0. The lowest BCUT2D eigenvalue weighted by atomic mass is 10.00. The van der Waals surface area contributed by atoms with Crippen LogP contribution < -0.4 is 5.73 Å².